The van der Waals surface area contributed by atoms with Gasteiger partial charge in [-0.05, 0) is 24.3 Å². The van der Waals surface area contributed by atoms with Crippen LogP contribution in [0.3, 0.4) is 0 Å². The van der Waals surface area contributed by atoms with Crippen molar-refractivity contribution in [3.05, 3.63) is 42.0 Å². The fraction of sp³-hybridized carbons (Fsp3) is 0.565. The van der Waals surface area contributed by atoms with Gasteiger partial charge in [-0.15, -0.1) is 0 Å². The van der Waals surface area contributed by atoms with Crippen LogP contribution in [0.1, 0.15) is 38.2 Å². The third kappa shape index (κ3) is 4.23. The minimum Gasteiger partial charge on any atom is -0.323 e. The average molecular weight is 397 g/mol. The second-order valence-corrected chi connectivity index (χ2v) is 8.65. The Labute approximate surface area is 173 Å². The van der Waals surface area contributed by atoms with Crippen molar-refractivity contribution in [3.8, 4) is 0 Å². The van der Waals surface area contributed by atoms with Crippen LogP contribution in [-0.2, 0) is 4.79 Å². The number of carbonyl (C=O) groups is 2. The number of hydrogen-bond acceptors (Lipinski definition) is 4. The van der Waals surface area contributed by atoms with E-state index in [1.165, 1.54) is 10.5 Å². The molecule has 4 rings (SSSR count). The molecule has 1 aliphatic carbocycles. The number of hydrogen-bond donors (Lipinski definition) is 1. The van der Waals surface area contributed by atoms with Gasteiger partial charge in [0, 0.05) is 32.7 Å². The van der Waals surface area contributed by atoms with Crippen LogP contribution in [0.4, 0.5) is 4.79 Å². The van der Waals surface area contributed by atoms with E-state index >= 15 is 0 Å². The Kier molecular flexibility index (Phi) is 6.01. The molecule has 1 aromatic carbocycles. The normalized spacial score (nSPS) is 29.1. The molecule has 1 N–H and O–H groups in total. The van der Waals surface area contributed by atoms with E-state index in [2.05, 4.69) is 46.3 Å². The summed E-state index contributed by atoms with van der Waals surface area (Å²) in [5.41, 5.74) is 0.565. The van der Waals surface area contributed by atoms with Crippen molar-refractivity contribution in [2.45, 2.75) is 38.1 Å². The number of urea groups is 1. The number of rotatable bonds is 5. The van der Waals surface area contributed by atoms with Gasteiger partial charge in [0.05, 0.1) is 6.67 Å². The second kappa shape index (κ2) is 8.67. The van der Waals surface area contributed by atoms with Crippen LogP contribution in [0.25, 0.3) is 6.08 Å². The van der Waals surface area contributed by atoms with Gasteiger partial charge in [0.25, 0.3) is 5.91 Å². The molecule has 0 bridgehead atoms. The predicted octanol–water partition coefficient (Wildman–Crippen LogP) is 2.78. The van der Waals surface area contributed by atoms with E-state index in [1.54, 1.807) is 0 Å². The number of piperazine rings is 1. The third-order valence-electron chi connectivity index (χ3n) is 6.78. The fourth-order valence-corrected chi connectivity index (χ4v) is 4.84. The predicted molar refractivity (Wildman–Crippen MR) is 114 cm³/mol. The molecule has 3 fully saturated rings. The van der Waals surface area contributed by atoms with Gasteiger partial charge in [0.15, 0.2) is 0 Å². The monoisotopic (exact) mass is 396 g/mol. The second-order valence-electron chi connectivity index (χ2n) is 8.65. The smallest absolute Gasteiger partial charge is 0.323 e. The molecule has 0 aromatic heterocycles. The summed E-state index contributed by atoms with van der Waals surface area (Å²) in [5, 5.41) is 3.05. The molecule has 0 radical (unpaired) electrons. The molecule has 2 saturated heterocycles. The van der Waals surface area contributed by atoms with Gasteiger partial charge >= 0.3 is 6.03 Å². The summed E-state index contributed by atoms with van der Waals surface area (Å²) >= 11 is 0. The maximum absolute atomic E-state index is 13.1. The van der Waals surface area contributed by atoms with Gasteiger partial charge in [-0.1, -0.05) is 62.2 Å². The van der Waals surface area contributed by atoms with Crippen LogP contribution in [-0.4, -0.2) is 71.6 Å². The van der Waals surface area contributed by atoms with Crippen molar-refractivity contribution in [2.75, 3.05) is 39.4 Å². The SMILES string of the molecule is C[C@@H]1CCCC[C@@]12NC(=O)N(CN1CCN(C/C=C/c3ccccc3)CC1)C2=O. The first-order valence-electron chi connectivity index (χ1n) is 10.9. The van der Waals surface area contributed by atoms with Gasteiger partial charge in [0.2, 0.25) is 0 Å². The lowest BCUT2D eigenvalue weighted by molar-refractivity contribution is -0.136. The van der Waals surface area contributed by atoms with Crippen molar-refractivity contribution in [1.82, 2.24) is 20.0 Å². The van der Waals surface area contributed by atoms with Crippen LogP contribution in [0, 0.1) is 5.92 Å². The minimum absolute atomic E-state index is 0.0112. The van der Waals surface area contributed by atoms with E-state index in [9.17, 15) is 9.59 Å². The third-order valence-corrected chi connectivity index (χ3v) is 6.78. The van der Waals surface area contributed by atoms with Gasteiger partial charge in [0.1, 0.15) is 5.54 Å². The summed E-state index contributed by atoms with van der Waals surface area (Å²) in [6.45, 7) is 7.08. The van der Waals surface area contributed by atoms with Crippen LogP contribution in [0.2, 0.25) is 0 Å². The van der Waals surface area contributed by atoms with Crippen LogP contribution in [0.5, 0.6) is 0 Å². The Hall–Kier alpha value is -2.18. The molecular weight excluding hydrogens is 364 g/mol. The standard InChI is InChI=1S/C23H32N4O2/c1-19-8-5-6-12-23(19)21(28)27(22(29)24-23)18-26-16-14-25(15-17-26)13-7-11-20-9-3-2-4-10-20/h2-4,7,9-11,19H,5-6,8,12-18H2,1H3,(H,24,29)/b11-7+/t19-,23-/m1/s1. The average Bonchev–Trinajstić information content (AvgIpc) is 2.97. The Morgan fingerprint density at radius 3 is 2.52 bits per heavy atom. The summed E-state index contributed by atoms with van der Waals surface area (Å²) in [6.07, 6.45) is 8.30. The molecule has 2 aliphatic heterocycles. The van der Waals surface area contributed by atoms with E-state index in [-0.39, 0.29) is 17.9 Å². The molecule has 1 spiro atoms. The zero-order valence-electron chi connectivity index (χ0n) is 17.3. The highest BCUT2D eigenvalue weighted by atomic mass is 16.2. The molecule has 0 unspecified atom stereocenters. The molecule has 29 heavy (non-hydrogen) atoms. The minimum atomic E-state index is -0.653. The maximum atomic E-state index is 13.1. The van der Waals surface area contributed by atoms with E-state index in [4.69, 9.17) is 0 Å². The first-order chi connectivity index (χ1) is 14.1. The van der Waals surface area contributed by atoms with Crippen molar-refractivity contribution in [1.29, 1.82) is 0 Å². The molecule has 2 heterocycles. The van der Waals surface area contributed by atoms with Crippen molar-refractivity contribution in [3.63, 3.8) is 0 Å². The number of amides is 3. The quantitative estimate of drug-likeness (QED) is 0.778. The lowest BCUT2D eigenvalue weighted by atomic mass is 9.73. The number of benzene rings is 1. The number of carbonyl (C=O) groups excluding carboxylic acids is 2. The van der Waals surface area contributed by atoms with Gasteiger partial charge in [-0.2, -0.15) is 0 Å². The Morgan fingerprint density at radius 2 is 1.79 bits per heavy atom. The molecule has 6 heteroatoms. The summed E-state index contributed by atoms with van der Waals surface area (Å²) in [6, 6.07) is 10.1. The summed E-state index contributed by atoms with van der Waals surface area (Å²) in [7, 11) is 0. The van der Waals surface area contributed by atoms with Gasteiger partial charge < -0.3 is 5.32 Å². The van der Waals surface area contributed by atoms with Crippen LogP contribution in [0.15, 0.2) is 36.4 Å². The molecule has 156 valence electrons. The number of nitrogens with zero attached hydrogens (tertiary/aromatic N) is 3. The number of nitrogens with one attached hydrogen (secondary N) is 1. The van der Waals surface area contributed by atoms with Crippen molar-refractivity contribution >= 4 is 18.0 Å². The Bertz CT molecular complexity index is 757. The van der Waals surface area contributed by atoms with E-state index in [0.717, 1.165) is 58.4 Å². The molecular formula is C23H32N4O2. The van der Waals surface area contributed by atoms with E-state index < -0.39 is 5.54 Å². The Morgan fingerprint density at radius 1 is 1.07 bits per heavy atom. The first-order valence-corrected chi connectivity index (χ1v) is 10.9. The highest BCUT2D eigenvalue weighted by Crippen LogP contribution is 2.38. The van der Waals surface area contributed by atoms with E-state index in [1.807, 2.05) is 18.2 Å². The lowest BCUT2D eigenvalue weighted by Gasteiger charge is -2.38. The zero-order valence-corrected chi connectivity index (χ0v) is 17.3. The van der Waals surface area contributed by atoms with E-state index in [0.29, 0.717) is 6.67 Å². The summed E-state index contributed by atoms with van der Waals surface area (Å²) < 4.78 is 0. The molecule has 1 saturated carbocycles. The highest BCUT2D eigenvalue weighted by molar-refractivity contribution is 6.07. The largest absolute Gasteiger partial charge is 0.326 e. The lowest BCUT2D eigenvalue weighted by Crippen LogP contribution is -2.55. The summed E-state index contributed by atoms with van der Waals surface area (Å²) in [4.78, 5) is 31.8. The van der Waals surface area contributed by atoms with Crippen LogP contribution < -0.4 is 5.32 Å². The van der Waals surface area contributed by atoms with Crippen LogP contribution >= 0.6 is 0 Å². The topological polar surface area (TPSA) is 55.9 Å². The number of imide groups is 1. The van der Waals surface area contributed by atoms with Crippen molar-refractivity contribution < 1.29 is 9.59 Å². The fourth-order valence-electron chi connectivity index (χ4n) is 4.84. The molecule has 2 atom stereocenters. The summed E-state index contributed by atoms with van der Waals surface area (Å²) in [5.74, 6) is 0.203. The molecule has 3 aliphatic rings. The van der Waals surface area contributed by atoms with Crippen molar-refractivity contribution in [2.24, 2.45) is 5.92 Å². The highest BCUT2D eigenvalue weighted by Gasteiger charge is 2.55. The first kappa shape index (κ1) is 20.1. The molecule has 6 nitrogen and oxygen atoms in total. The maximum Gasteiger partial charge on any atom is 0.326 e. The van der Waals surface area contributed by atoms with Gasteiger partial charge in [-0.25, -0.2) is 9.69 Å². The Balaban J connectivity index is 1.27. The van der Waals surface area contributed by atoms with Gasteiger partial charge in [-0.3, -0.25) is 14.6 Å². The molecule has 3 amide bonds. The zero-order chi connectivity index (χ0) is 20.3. The molecule has 1 aromatic rings.